The summed E-state index contributed by atoms with van der Waals surface area (Å²) in [5.74, 6) is -0.368. The van der Waals surface area contributed by atoms with Crippen LogP contribution in [-0.2, 0) is 6.18 Å². The second kappa shape index (κ2) is 7.69. The summed E-state index contributed by atoms with van der Waals surface area (Å²) in [5.41, 5.74) is -0.525. The molecule has 0 aliphatic heterocycles. The number of pyridine rings is 2. The summed E-state index contributed by atoms with van der Waals surface area (Å²) in [5, 5.41) is 9.87. The molecule has 1 aliphatic rings. The van der Waals surface area contributed by atoms with Crippen LogP contribution in [0.5, 0.6) is 0 Å². The number of alkyl halides is 3. The fraction of sp³-hybridized carbons (Fsp3) is 0.368. The standard InChI is InChI=1S/C19H19F3N6O/c20-19(21,22)13-9-15(24-14-6-2-1-3-7-14)28-16(10-13)25-18(27-28)26-17(29)12-5-4-8-23-11-12/h4-5,8-11,14,24H,1-3,6-7H2,(H,26,27,29). The molecule has 29 heavy (non-hydrogen) atoms. The Kier molecular flexibility index (Phi) is 5.08. The highest BCUT2D eigenvalue weighted by Crippen LogP contribution is 2.33. The van der Waals surface area contributed by atoms with Crippen LogP contribution in [0.1, 0.15) is 48.0 Å². The van der Waals surface area contributed by atoms with Crippen molar-refractivity contribution in [2.45, 2.75) is 44.3 Å². The molecule has 0 atom stereocenters. The molecular weight excluding hydrogens is 385 g/mol. The van der Waals surface area contributed by atoms with E-state index in [1.54, 1.807) is 12.1 Å². The van der Waals surface area contributed by atoms with E-state index >= 15 is 0 Å². The number of anilines is 2. The molecule has 10 heteroatoms. The first-order chi connectivity index (χ1) is 13.9. The Bertz CT molecular complexity index is 1010. The van der Waals surface area contributed by atoms with Crippen LogP contribution in [0.2, 0.25) is 0 Å². The van der Waals surface area contributed by atoms with Crippen molar-refractivity contribution in [3.05, 3.63) is 47.8 Å². The number of hydrogen-bond donors (Lipinski definition) is 2. The summed E-state index contributed by atoms with van der Waals surface area (Å²) in [6, 6.07) is 5.19. The molecule has 0 unspecified atom stereocenters. The molecule has 1 amide bonds. The predicted octanol–water partition coefficient (Wildman–Crippen LogP) is 4.14. The van der Waals surface area contributed by atoms with Crippen molar-refractivity contribution < 1.29 is 18.0 Å². The van der Waals surface area contributed by atoms with Crippen LogP contribution >= 0.6 is 0 Å². The maximum atomic E-state index is 13.4. The Morgan fingerprint density at radius 3 is 2.66 bits per heavy atom. The molecule has 0 aromatic carbocycles. The van der Waals surface area contributed by atoms with Gasteiger partial charge in [-0.25, -0.2) is 0 Å². The predicted molar refractivity (Wildman–Crippen MR) is 101 cm³/mol. The lowest BCUT2D eigenvalue weighted by Crippen LogP contribution is -2.24. The Hall–Kier alpha value is -3.17. The Labute approximate surface area is 164 Å². The SMILES string of the molecule is O=C(Nc1nc2cc(C(F)(F)F)cc(NC3CCCCC3)n2n1)c1cccnc1. The van der Waals surface area contributed by atoms with Gasteiger partial charge in [-0.2, -0.15) is 22.7 Å². The monoisotopic (exact) mass is 404 g/mol. The number of nitrogens with zero attached hydrogens (tertiary/aromatic N) is 4. The van der Waals surface area contributed by atoms with Gasteiger partial charge in [0, 0.05) is 18.4 Å². The number of fused-ring (bicyclic) bond motifs is 1. The highest BCUT2D eigenvalue weighted by atomic mass is 19.4. The topological polar surface area (TPSA) is 84.2 Å². The summed E-state index contributed by atoms with van der Waals surface area (Å²) < 4.78 is 41.3. The van der Waals surface area contributed by atoms with Gasteiger partial charge in [0.2, 0.25) is 5.95 Å². The summed E-state index contributed by atoms with van der Waals surface area (Å²) >= 11 is 0. The van der Waals surface area contributed by atoms with Crippen molar-refractivity contribution in [2.24, 2.45) is 0 Å². The molecule has 3 aromatic rings. The van der Waals surface area contributed by atoms with E-state index in [9.17, 15) is 18.0 Å². The van der Waals surface area contributed by atoms with Crippen LogP contribution in [0.4, 0.5) is 24.9 Å². The normalized spacial score (nSPS) is 15.4. The lowest BCUT2D eigenvalue weighted by Gasteiger charge is -2.24. The molecule has 3 aromatic heterocycles. The molecule has 1 aliphatic carbocycles. The largest absolute Gasteiger partial charge is 0.416 e. The zero-order chi connectivity index (χ0) is 20.4. The van der Waals surface area contributed by atoms with Crippen LogP contribution in [0.25, 0.3) is 5.65 Å². The summed E-state index contributed by atoms with van der Waals surface area (Å²) in [4.78, 5) is 20.2. The first kappa shape index (κ1) is 19.2. The molecule has 152 valence electrons. The van der Waals surface area contributed by atoms with Crippen molar-refractivity contribution in [3.8, 4) is 0 Å². The van der Waals surface area contributed by atoms with Crippen molar-refractivity contribution in [2.75, 3.05) is 10.6 Å². The third-order valence-electron chi connectivity index (χ3n) is 4.87. The van der Waals surface area contributed by atoms with E-state index in [1.807, 2.05) is 0 Å². The van der Waals surface area contributed by atoms with Gasteiger partial charge in [0.15, 0.2) is 5.65 Å². The molecule has 0 spiro atoms. The lowest BCUT2D eigenvalue weighted by atomic mass is 9.95. The maximum Gasteiger partial charge on any atom is 0.416 e. The molecule has 1 saturated carbocycles. The van der Waals surface area contributed by atoms with E-state index in [2.05, 4.69) is 25.7 Å². The molecule has 0 radical (unpaired) electrons. The van der Waals surface area contributed by atoms with Gasteiger partial charge in [0.25, 0.3) is 5.91 Å². The van der Waals surface area contributed by atoms with E-state index in [0.29, 0.717) is 5.56 Å². The van der Waals surface area contributed by atoms with Gasteiger partial charge in [0.05, 0.1) is 11.1 Å². The number of carbonyl (C=O) groups excluding carboxylic acids is 1. The van der Waals surface area contributed by atoms with Crippen molar-refractivity contribution in [1.82, 2.24) is 19.6 Å². The number of nitrogens with one attached hydrogen (secondary N) is 2. The number of amides is 1. The van der Waals surface area contributed by atoms with Crippen molar-refractivity contribution in [1.29, 1.82) is 0 Å². The fourth-order valence-corrected chi connectivity index (χ4v) is 3.43. The molecule has 0 bridgehead atoms. The lowest BCUT2D eigenvalue weighted by molar-refractivity contribution is -0.137. The molecule has 3 heterocycles. The fourth-order valence-electron chi connectivity index (χ4n) is 3.43. The summed E-state index contributed by atoms with van der Waals surface area (Å²) in [6.07, 6.45) is 3.35. The highest BCUT2D eigenvalue weighted by molar-refractivity contribution is 6.03. The van der Waals surface area contributed by atoms with Gasteiger partial charge in [-0.05, 0) is 37.1 Å². The number of carbonyl (C=O) groups is 1. The van der Waals surface area contributed by atoms with Crippen molar-refractivity contribution >= 4 is 23.3 Å². The molecule has 4 rings (SSSR count). The first-order valence-electron chi connectivity index (χ1n) is 9.36. The van der Waals surface area contributed by atoms with Crippen LogP contribution in [0.15, 0.2) is 36.7 Å². The number of halogens is 3. The van der Waals surface area contributed by atoms with E-state index in [1.165, 1.54) is 16.9 Å². The molecular formula is C19H19F3N6O. The van der Waals surface area contributed by atoms with Gasteiger partial charge in [-0.1, -0.05) is 19.3 Å². The molecule has 0 saturated heterocycles. The Balaban J connectivity index is 1.67. The average Bonchev–Trinajstić information content (AvgIpc) is 3.11. The van der Waals surface area contributed by atoms with E-state index in [4.69, 9.17) is 0 Å². The van der Waals surface area contributed by atoms with Gasteiger partial charge in [-0.3, -0.25) is 15.1 Å². The highest BCUT2D eigenvalue weighted by Gasteiger charge is 2.32. The zero-order valence-electron chi connectivity index (χ0n) is 15.4. The third kappa shape index (κ3) is 4.30. The Morgan fingerprint density at radius 1 is 1.17 bits per heavy atom. The number of aromatic nitrogens is 4. The summed E-state index contributed by atoms with van der Waals surface area (Å²) in [7, 11) is 0. The van der Waals surface area contributed by atoms with Crippen LogP contribution in [0.3, 0.4) is 0 Å². The van der Waals surface area contributed by atoms with Gasteiger partial charge in [0.1, 0.15) is 5.82 Å². The number of hydrogen-bond acceptors (Lipinski definition) is 5. The van der Waals surface area contributed by atoms with Crippen LogP contribution in [-0.4, -0.2) is 31.5 Å². The molecule has 7 nitrogen and oxygen atoms in total. The quantitative estimate of drug-likeness (QED) is 0.683. The van der Waals surface area contributed by atoms with Crippen LogP contribution in [0, 0.1) is 0 Å². The average molecular weight is 404 g/mol. The van der Waals surface area contributed by atoms with E-state index in [0.717, 1.165) is 44.2 Å². The molecule has 2 N–H and O–H groups in total. The first-order valence-corrected chi connectivity index (χ1v) is 9.36. The van der Waals surface area contributed by atoms with E-state index in [-0.39, 0.29) is 23.5 Å². The smallest absolute Gasteiger partial charge is 0.367 e. The zero-order valence-corrected chi connectivity index (χ0v) is 15.4. The minimum Gasteiger partial charge on any atom is -0.367 e. The second-order valence-corrected chi connectivity index (χ2v) is 7.01. The maximum absolute atomic E-state index is 13.4. The molecule has 1 fully saturated rings. The van der Waals surface area contributed by atoms with Gasteiger partial charge >= 0.3 is 6.18 Å². The van der Waals surface area contributed by atoms with Crippen molar-refractivity contribution in [3.63, 3.8) is 0 Å². The van der Waals surface area contributed by atoms with E-state index < -0.39 is 17.6 Å². The second-order valence-electron chi connectivity index (χ2n) is 7.01. The van der Waals surface area contributed by atoms with Crippen LogP contribution < -0.4 is 10.6 Å². The number of rotatable bonds is 4. The van der Waals surface area contributed by atoms with Gasteiger partial charge < -0.3 is 5.32 Å². The minimum atomic E-state index is -4.52. The third-order valence-corrected chi connectivity index (χ3v) is 4.87. The van der Waals surface area contributed by atoms with Gasteiger partial charge in [-0.15, -0.1) is 5.10 Å². The summed E-state index contributed by atoms with van der Waals surface area (Å²) in [6.45, 7) is 0. The minimum absolute atomic E-state index is 0.000351. The Morgan fingerprint density at radius 2 is 1.97 bits per heavy atom.